The van der Waals surface area contributed by atoms with Crippen molar-refractivity contribution in [3.63, 3.8) is 0 Å². The number of rotatable bonds is 6. The number of carbonyl (C=O) groups is 2. The molecule has 6 heteroatoms. The minimum absolute atomic E-state index is 0.100. The zero-order valence-electron chi connectivity index (χ0n) is 12.4. The Labute approximate surface area is 123 Å². The van der Waals surface area contributed by atoms with Crippen LogP contribution in [-0.2, 0) is 9.53 Å². The molecule has 0 fully saturated rings. The third-order valence-electron chi connectivity index (χ3n) is 3.29. The van der Waals surface area contributed by atoms with Crippen LogP contribution in [0.1, 0.15) is 40.6 Å². The van der Waals surface area contributed by atoms with Crippen molar-refractivity contribution in [2.24, 2.45) is 11.7 Å². The van der Waals surface area contributed by atoms with E-state index in [4.69, 9.17) is 10.5 Å². The lowest BCUT2D eigenvalue weighted by molar-refractivity contribution is -0.116. The minimum atomic E-state index is -0.419. The van der Waals surface area contributed by atoms with Crippen LogP contribution in [-0.4, -0.2) is 25.5 Å². The van der Waals surface area contributed by atoms with Crippen molar-refractivity contribution in [2.75, 3.05) is 19.0 Å². The summed E-state index contributed by atoms with van der Waals surface area (Å²) in [6, 6.07) is 0. The predicted octanol–water partition coefficient (Wildman–Crippen LogP) is 2.47. The van der Waals surface area contributed by atoms with E-state index in [0.717, 1.165) is 16.9 Å². The number of nitrogens with two attached hydrogens (primary N) is 1. The number of esters is 1. The molecule has 0 bridgehead atoms. The SMILES string of the molecule is COC(=O)c1c(NC(=O)CCC(C)CN)sc(C)c1C. The van der Waals surface area contributed by atoms with Gasteiger partial charge in [-0.25, -0.2) is 4.79 Å². The lowest BCUT2D eigenvalue weighted by Gasteiger charge is -2.09. The Bertz CT molecular complexity index is 497. The van der Waals surface area contributed by atoms with Gasteiger partial charge in [0, 0.05) is 11.3 Å². The molecule has 1 unspecified atom stereocenters. The second-order valence-corrected chi connectivity index (χ2v) is 6.13. The predicted molar refractivity (Wildman–Crippen MR) is 81.2 cm³/mol. The van der Waals surface area contributed by atoms with Crippen LogP contribution in [0.4, 0.5) is 5.00 Å². The number of methoxy groups -OCH3 is 1. The normalized spacial score (nSPS) is 12.1. The zero-order valence-corrected chi connectivity index (χ0v) is 13.2. The topological polar surface area (TPSA) is 81.4 Å². The smallest absolute Gasteiger partial charge is 0.341 e. The summed E-state index contributed by atoms with van der Waals surface area (Å²) in [6.07, 6.45) is 1.13. The number of anilines is 1. The molecule has 1 atom stereocenters. The van der Waals surface area contributed by atoms with Gasteiger partial charge in [0.15, 0.2) is 0 Å². The molecule has 3 N–H and O–H groups in total. The van der Waals surface area contributed by atoms with Crippen LogP contribution >= 0.6 is 11.3 Å². The number of carbonyl (C=O) groups excluding carboxylic acids is 2. The molecule has 1 heterocycles. The van der Waals surface area contributed by atoms with E-state index in [2.05, 4.69) is 5.32 Å². The van der Waals surface area contributed by atoms with Crippen molar-refractivity contribution < 1.29 is 14.3 Å². The van der Waals surface area contributed by atoms with E-state index in [0.29, 0.717) is 29.4 Å². The molecular formula is C14H22N2O3S. The highest BCUT2D eigenvalue weighted by molar-refractivity contribution is 7.16. The fraction of sp³-hybridized carbons (Fsp3) is 0.571. The van der Waals surface area contributed by atoms with Crippen molar-refractivity contribution in [1.29, 1.82) is 0 Å². The summed E-state index contributed by atoms with van der Waals surface area (Å²) in [6.45, 7) is 6.34. The van der Waals surface area contributed by atoms with Gasteiger partial charge in [-0.1, -0.05) is 6.92 Å². The standard InChI is InChI=1S/C14H22N2O3S/c1-8(7-15)5-6-11(17)16-13-12(14(18)19-4)9(2)10(3)20-13/h8H,5-7,15H2,1-4H3,(H,16,17). The minimum Gasteiger partial charge on any atom is -0.465 e. The molecule has 0 aliphatic carbocycles. The van der Waals surface area contributed by atoms with Crippen LogP contribution in [0.2, 0.25) is 0 Å². The quantitative estimate of drug-likeness (QED) is 0.790. The molecule has 1 aromatic rings. The summed E-state index contributed by atoms with van der Waals surface area (Å²) in [7, 11) is 1.34. The molecule has 20 heavy (non-hydrogen) atoms. The third-order valence-corrected chi connectivity index (χ3v) is 4.42. The van der Waals surface area contributed by atoms with E-state index in [9.17, 15) is 9.59 Å². The van der Waals surface area contributed by atoms with E-state index in [1.807, 2.05) is 20.8 Å². The monoisotopic (exact) mass is 298 g/mol. The van der Waals surface area contributed by atoms with Crippen LogP contribution in [0.5, 0.6) is 0 Å². The Balaban J connectivity index is 2.79. The third kappa shape index (κ3) is 4.05. The van der Waals surface area contributed by atoms with Gasteiger partial charge in [0.05, 0.1) is 12.7 Å². The lowest BCUT2D eigenvalue weighted by atomic mass is 10.1. The number of amides is 1. The highest BCUT2D eigenvalue weighted by atomic mass is 32.1. The average Bonchev–Trinajstić information content (AvgIpc) is 2.70. The molecule has 0 saturated carbocycles. The van der Waals surface area contributed by atoms with Gasteiger partial charge in [-0.2, -0.15) is 0 Å². The van der Waals surface area contributed by atoms with Gasteiger partial charge in [0.25, 0.3) is 0 Å². The zero-order chi connectivity index (χ0) is 15.3. The van der Waals surface area contributed by atoms with Crippen molar-refractivity contribution in [2.45, 2.75) is 33.6 Å². The molecule has 0 aliphatic rings. The Hall–Kier alpha value is -1.40. The van der Waals surface area contributed by atoms with E-state index in [1.54, 1.807) is 0 Å². The first kappa shape index (κ1) is 16.7. The van der Waals surface area contributed by atoms with Crippen LogP contribution in [0.15, 0.2) is 0 Å². The first-order valence-electron chi connectivity index (χ1n) is 6.58. The van der Waals surface area contributed by atoms with Crippen LogP contribution in [0, 0.1) is 19.8 Å². The van der Waals surface area contributed by atoms with E-state index in [1.165, 1.54) is 18.4 Å². The first-order valence-corrected chi connectivity index (χ1v) is 7.40. The van der Waals surface area contributed by atoms with E-state index < -0.39 is 5.97 Å². The maximum absolute atomic E-state index is 11.9. The van der Waals surface area contributed by atoms with Crippen molar-refractivity contribution in [3.05, 3.63) is 16.0 Å². The highest BCUT2D eigenvalue weighted by Crippen LogP contribution is 2.33. The molecule has 0 spiro atoms. The summed E-state index contributed by atoms with van der Waals surface area (Å²) in [5.74, 6) is -0.207. The summed E-state index contributed by atoms with van der Waals surface area (Å²) >= 11 is 1.40. The Morgan fingerprint density at radius 1 is 1.40 bits per heavy atom. The van der Waals surface area contributed by atoms with Gasteiger partial charge in [0.1, 0.15) is 5.00 Å². The van der Waals surface area contributed by atoms with E-state index in [-0.39, 0.29) is 5.91 Å². The Morgan fingerprint density at radius 3 is 2.60 bits per heavy atom. The summed E-state index contributed by atoms with van der Waals surface area (Å²) in [5, 5.41) is 3.37. The lowest BCUT2D eigenvalue weighted by Crippen LogP contribution is -2.17. The molecular weight excluding hydrogens is 276 g/mol. The summed E-state index contributed by atoms with van der Waals surface area (Å²) in [5.41, 5.74) is 6.83. The first-order chi connectivity index (χ1) is 9.40. The molecule has 5 nitrogen and oxygen atoms in total. The molecule has 0 saturated heterocycles. The maximum atomic E-state index is 11.9. The summed E-state index contributed by atoms with van der Waals surface area (Å²) < 4.78 is 4.77. The molecule has 0 aromatic carbocycles. The highest BCUT2D eigenvalue weighted by Gasteiger charge is 2.21. The number of hydrogen-bond acceptors (Lipinski definition) is 5. The number of aryl methyl sites for hydroxylation is 1. The van der Waals surface area contributed by atoms with E-state index >= 15 is 0 Å². The van der Waals surface area contributed by atoms with Crippen molar-refractivity contribution in [3.8, 4) is 0 Å². The molecule has 1 aromatic heterocycles. The van der Waals surface area contributed by atoms with Gasteiger partial charge in [-0.05, 0) is 38.3 Å². The van der Waals surface area contributed by atoms with Crippen molar-refractivity contribution in [1.82, 2.24) is 0 Å². The van der Waals surface area contributed by atoms with Crippen LogP contribution in [0.3, 0.4) is 0 Å². The number of ether oxygens (including phenoxy) is 1. The van der Waals surface area contributed by atoms with Crippen LogP contribution < -0.4 is 11.1 Å². The molecule has 0 radical (unpaired) electrons. The Morgan fingerprint density at radius 2 is 2.05 bits per heavy atom. The van der Waals surface area contributed by atoms with Gasteiger partial charge < -0.3 is 15.8 Å². The number of nitrogens with one attached hydrogen (secondary N) is 1. The number of thiophene rings is 1. The second-order valence-electron chi connectivity index (χ2n) is 4.91. The van der Waals surface area contributed by atoms with Crippen molar-refractivity contribution >= 4 is 28.2 Å². The maximum Gasteiger partial charge on any atom is 0.341 e. The molecule has 1 amide bonds. The van der Waals surface area contributed by atoms with Gasteiger partial charge in [-0.3, -0.25) is 4.79 Å². The average molecular weight is 298 g/mol. The molecule has 112 valence electrons. The second kappa shape index (κ2) is 7.40. The van der Waals surface area contributed by atoms with Gasteiger partial charge >= 0.3 is 5.97 Å². The fourth-order valence-electron chi connectivity index (χ4n) is 1.75. The summed E-state index contributed by atoms with van der Waals surface area (Å²) in [4.78, 5) is 24.7. The Kier molecular flexibility index (Phi) is 6.16. The largest absolute Gasteiger partial charge is 0.465 e. The molecule has 1 rings (SSSR count). The number of hydrogen-bond donors (Lipinski definition) is 2. The fourth-order valence-corrected chi connectivity index (χ4v) is 2.81. The van der Waals surface area contributed by atoms with Crippen LogP contribution in [0.25, 0.3) is 0 Å². The van der Waals surface area contributed by atoms with Gasteiger partial charge in [0.2, 0.25) is 5.91 Å². The van der Waals surface area contributed by atoms with Gasteiger partial charge in [-0.15, -0.1) is 11.3 Å². The molecule has 0 aliphatic heterocycles.